The molecule has 1 amide bonds. The number of anilines is 2. The van der Waals surface area contributed by atoms with E-state index in [1.165, 1.54) is 0 Å². The van der Waals surface area contributed by atoms with Gasteiger partial charge < -0.3 is 16.0 Å². The Hall–Kier alpha value is -3.68. The van der Waals surface area contributed by atoms with E-state index in [9.17, 15) is 4.79 Å². The topological polar surface area (TPSA) is 96.2 Å². The van der Waals surface area contributed by atoms with Crippen LogP contribution in [0.5, 0.6) is 0 Å². The molecule has 1 saturated carbocycles. The molecule has 2 fully saturated rings. The molecule has 29 heavy (non-hydrogen) atoms. The van der Waals surface area contributed by atoms with Gasteiger partial charge in [0.15, 0.2) is 5.65 Å². The van der Waals surface area contributed by atoms with Crippen molar-refractivity contribution >= 4 is 29.3 Å². The maximum Gasteiger partial charge on any atom is 0.228 e. The second-order valence-electron chi connectivity index (χ2n) is 7.36. The molecule has 0 aromatic carbocycles. The molecule has 4 heterocycles. The number of allylic oxidation sites excluding steroid dienone is 1. The molecule has 0 spiro atoms. The minimum Gasteiger partial charge on any atom is -0.367 e. The van der Waals surface area contributed by atoms with Gasteiger partial charge >= 0.3 is 0 Å². The molecule has 3 aromatic rings. The number of amides is 1. The van der Waals surface area contributed by atoms with E-state index in [0.717, 1.165) is 46.8 Å². The van der Waals surface area contributed by atoms with Crippen molar-refractivity contribution in [3.63, 3.8) is 0 Å². The van der Waals surface area contributed by atoms with Crippen molar-refractivity contribution in [3.8, 4) is 0 Å². The lowest BCUT2D eigenvalue weighted by Crippen LogP contribution is -2.10. The van der Waals surface area contributed by atoms with E-state index in [4.69, 9.17) is 4.98 Å². The van der Waals surface area contributed by atoms with Gasteiger partial charge in [-0.25, -0.2) is 4.98 Å². The first-order valence-corrected chi connectivity index (χ1v) is 9.63. The van der Waals surface area contributed by atoms with E-state index >= 15 is 0 Å². The third-order valence-electron chi connectivity index (χ3n) is 5.01. The zero-order valence-electron chi connectivity index (χ0n) is 15.9. The monoisotopic (exact) mass is 387 g/mol. The van der Waals surface area contributed by atoms with Gasteiger partial charge in [0.25, 0.3) is 0 Å². The molecule has 1 saturated heterocycles. The summed E-state index contributed by atoms with van der Waals surface area (Å²) in [6.07, 6.45) is 9.91. The van der Waals surface area contributed by atoms with Crippen molar-refractivity contribution in [1.82, 2.24) is 24.9 Å². The molecule has 0 radical (unpaired) electrons. The van der Waals surface area contributed by atoms with Crippen molar-refractivity contribution in [1.29, 1.82) is 0 Å². The highest BCUT2D eigenvalue weighted by Gasteiger charge is 2.24. The number of fused-ring (bicyclic) bond motifs is 1. The second-order valence-corrected chi connectivity index (χ2v) is 7.36. The number of hydrogen-bond donors (Lipinski definition) is 3. The number of hydrogen-bond acceptors (Lipinski definition) is 6. The molecule has 0 atom stereocenters. The number of nitrogens with one attached hydrogen (secondary N) is 3. The normalized spacial score (nSPS) is 17.7. The largest absolute Gasteiger partial charge is 0.367 e. The summed E-state index contributed by atoms with van der Waals surface area (Å²) < 4.78 is 1.81. The summed E-state index contributed by atoms with van der Waals surface area (Å²) in [5.41, 5.74) is 4.20. The summed E-state index contributed by atoms with van der Waals surface area (Å²) in [6.45, 7) is 4.56. The quantitative estimate of drug-likeness (QED) is 0.602. The Balaban J connectivity index is 1.51. The van der Waals surface area contributed by atoms with Crippen LogP contribution in [0, 0.1) is 0 Å². The van der Waals surface area contributed by atoms with Gasteiger partial charge in [0.1, 0.15) is 11.6 Å². The van der Waals surface area contributed by atoms with Crippen LogP contribution in [-0.2, 0) is 11.3 Å². The van der Waals surface area contributed by atoms with E-state index in [-0.39, 0.29) is 5.91 Å². The molecule has 3 N–H and O–H groups in total. The fraction of sp³-hybridized carbons (Fsp3) is 0.238. The Morgan fingerprint density at radius 1 is 1.31 bits per heavy atom. The first kappa shape index (κ1) is 17.4. The maximum atomic E-state index is 11.6. The number of pyridine rings is 1. The first-order chi connectivity index (χ1) is 14.2. The molecule has 3 aromatic heterocycles. The van der Waals surface area contributed by atoms with E-state index < -0.39 is 0 Å². The van der Waals surface area contributed by atoms with E-state index in [2.05, 4.69) is 32.6 Å². The van der Waals surface area contributed by atoms with Gasteiger partial charge in [0.05, 0.1) is 12.6 Å². The van der Waals surface area contributed by atoms with Crippen LogP contribution in [-0.4, -0.2) is 31.5 Å². The summed E-state index contributed by atoms with van der Waals surface area (Å²) in [4.78, 5) is 20.5. The van der Waals surface area contributed by atoms with Crippen LogP contribution in [0.25, 0.3) is 11.7 Å². The standard InChI is InChI=1S/C21H21N7O/c1-13-15(9-20(29)25-13)8-16-12-24-28-19(26-17-2-3-17)10-18(27-21(16)28)23-11-14-4-6-22-7-5-14/h4-8,10,12,17,26H,1-3,9,11H2,(H,23,27)(H,25,29)/b15-8+. The number of aromatic nitrogens is 4. The highest BCUT2D eigenvalue weighted by molar-refractivity contribution is 5.89. The van der Waals surface area contributed by atoms with Gasteiger partial charge in [0, 0.05) is 42.3 Å². The maximum absolute atomic E-state index is 11.6. The third-order valence-corrected chi connectivity index (χ3v) is 5.01. The van der Waals surface area contributed by atoms with Crippen LogP contribution < -0.4 is 16.0 Å². The van der Waals surface area contributed by atoms with Gasteiger partial charge in [0.2, 0.25) is 5.91 Å². The fourth-order valence-corrected chi connectivity index (χ4v) is 3.30. The van der Waals surface area contributed by atoms with Crippen LogP contribution in [0.1, 0.15) is 30.4 Å². The Morgan fingerprint density at radius 3 is 2.86 bits per heavy atom. The van der Waals surface area contributed by atoms with Gasteiger partial charge in [-0.1, -0.05) is 6.58 Å². The number of nitrogens with zero attached hydrogens (tertiary/aromatic N) is 4. The minimum atomic E-state index is -0.0403. The predicted molar refractivity (Wildman–Crippen MR) is 111 cm³/mol. The molecule has 5 rings (SSSR count). The number of rotatable bonds is 6. The van der Waals surface area contributed by atoms with Crippen molar-refractivity contribution < 1.29 is 4.79 Å². The molecular formula is C21H21N7O. The Bertz CT molecular complexity index is 1130. The number of carbonyl (C=O) groups is 1. The van der Waals surface area contributed by atoms with E-state index in [1.807, 2.05) is 28.8 Å². The Labute approximate surface area is 167 Å². The first-order valence-electron chi connectivity index (χ1n) is 9.63. The minimum absolute atomic E-state index is 0.0403. The smallest absolute Gasteiger partial charge is 0.228 e. The number of carbonyl (C=O) groups excluding carboxylic acids is 1. The molecule has 8 nitrogen and oxygen atoms in total. The van der Waals surface area contributed by atoms with Crippen molar-refractivity contribution in [3.05, 3.63) is 65.8 Å². The van der Waals surface area contributed by atoms with Crippen LogP contribution in [0.2, 0.25) is 0 Å². The van der Waals surface area contributed by atoms with Crippen molar-refractivity contribution in [2.75, 3.05) is 10.6 Å². The third kappa shape index (κ3) is 3.69. The summed E-state index contributed by atoms with van der Waals surface area (Å²) in [7, 11) is 0. The molecule has 8 heteroatoms. The average molecular weight is 387 g/mol. The lowest BCUT2D eigenvalue weighted by atomic mass is 10.1. The second kappa shape index (κ2) is 7.05. The summed E-state index contributed by atoms with van der Waals surface area (Å²) >= 11 is 0. The lowest BCUT2D eigenvalue weighted by molar-refractivity contribution is -0.118. The fourth-order valence-electron chi connectivity index (χ4n) is 3.30. The predicted octanol–water partition coefficient (Wildman–Crippen LogP) is 2.73. The molecular weight excluding hydrogens is 366 g/mol. The highest BCUT2D eigenvalue weighted by atomic mass is 16.1. The van der Waals surface area contributed by atoms with Crippen molar-refractivity contribution in [2.45, 2.75) is 31.8 Å². The zero-order valence-corrected chi connectivity index (χ0v) is 15.9. The molecule has 0 unspecified atom stereocenters. The molecule has 1 aliphatic heterocycles. The van der Waals surface area contributed by atoms with Gasteiger partial charge in [-0.05, 0) is 42.2 Å². The van der Waals surface area contributed by atoms with Gasteiger partial charge in [-0.3, -0.25) is 9.78 Å². The van der Waals surface area contributed by atoms with Crippen LogP contribution in [0.3, 0.4) is 0 Å². The van der Waals surface area contributed by atoms with Gasteiger partial charge in [-0.15, -0.1) is 0 Å². The van der Waals surface area contributed by atoms with Crippen LogP contribution >= 0.6 is 0 Å². The summed E-state index contributed by atoms with van der Waals surface area (Å²) in [6, 6.07) is 6.41. The van der Waals surface area contributed by atoms with Crippen LogP contribution in [0.4, 0.5) is 11.6 Å². The van der Waals surface area contributed by atoms with Gasteiger partial charge in [-0.2, -0.15) is 9.61 Å². The highest BCUT2D eigenvalue weighted by Crippen LogP contribution is 2.28. The van der Waals surface area contributed by atoms with Crippen LogP contribution in [0.15, 0.2) is 54.6 Å². The molecule has 1 aliphatic carbocycles. The SMILES string of the molecule is C=C1NC(=O)C/C1=C\c1cnn2c(NC3CC3)cc(NCc3ccncc3)nc12. The molecule has 146 valence electrons. The molecule has 0 bridgehead atoms. The van der Waals surface area contributed by atoms with E-state index in [0.29, 0.717) is 24.7 Å². The average Bonchev–Trinajstić information content (AvgIpc) is 3.36. The van der Waals surface area contributed by atoms with E-state index in [1.54, 1.807) is 18.6 Å². The Morgan fingerprint density at radius 2 is 2.14 bits per heavy atom. The zero-order chi connectivity index (χ0) is 19.8. The molecule has 2 aliphatic rings. The van der Waals surface area contributed by atoms with Crippen molar-refractivity contribution in [2.24, 2.45) is 0 Å². The summed E-state index contributed by atoms with van der Waals surface area (Å²) in [5.74, 6) is 1.62. The summed E-state index contributed by atoms with van der Waals surface area (Å²) in [5, 5.41) is 14.2. The Kier molecular flexibility index (Phi) is 4.23. The lowest BCUT2D eigenvalue weighted by Gasteiger charge is -2.11.